The summed E-state index contributed by atoms with van der Waals surface area (Å²) in [6, 6.07) is 7.39. The molecule has 1 aromatic rings. The van der Waals surface area contributed by atoms with E-state index < -0.39 is 0 Å². The van der Waals surface area contributed by atoms with Crippen LogP contribution in [0.15, 0.2) is 24.3 Å². The van der Waals surface area contributed by atoms with Gasteiger partial charge in [-0.3, -0.25) is 19.2 Å². The molecule has 0 aliphatic carbocycles. The third-order valence-electron chi connectivity index (χ3n) is 6.38. The Bertz CT molecular complexity index is 872. The molecule has 2 aliphatic heterocycles. The first-order valence-electron chi connectivity index (χ1n) is 11.5. The summed E-state index contributed by atoms with van der Waals surface area (Å²) in [4.78, 5) is 55.8. The number of aryl methyl sites for hydroxylation is 1. The van der Waals surface area contributed by atoms with Crippen molar-refractivity contribution in [3.05, 3.63) is 35.4 Å². The Morgan fingerprint density at radius 3 is 2.19 bits per heavy atom. The SMILES string of the molecule is Cc1ccc(C(=O)CCC(=O)N2CCCN(C(=O)C3CC(=O)N(C(C)(C)C)C3)CC2)cc1. The van der Waals surface area contributed by atoms with Gasteiger partial charge in [0.15, 0.2) is 5.78 Å². The van der Waals surface area contributed by atoms with Crippen LogP contribution >= 0.6 is 0 Å². The summed E-state index contributed by atoms with van der Waals surface area (Å²) >= 11 is 0. The fourth-order valence-electron chi connectivity index (χ4n) is 4.43. The normalized spacial score (nSPS) is 19.8. The van der Waals surface area contributed by atoms with Gasteiger partial charge in [-0.15, -0.1) is 0 Å². The topological polar surface area (TPSA) is 78.0 Å². The lowest BCUT2D eigenvalue weighted by Crippen LogP contribution is -2.44. The Kier molecular flexibility index (Phi) is 7.36. The number of amides is 3. The van der Waals surface area contributed by atoms with E-state index in [1.165, 1.54) is 0 Å². The van der Waals surface area contributed by atoms with Gasteiger partial charge < -0.3 is 14.7 Å². The average Bonchev–Trinajstić information content (AvgIpc) is 2.98. The minimum atomic E-state index is -0.309. The summed E-state index contributed by atoms with van der Waals surface area (Å²) in [5.41, 5.74) is 1.44. The number of nitrogens with zero attached hydrogens (tertiary/aromatic N) is 3. The zero-order valence-electron chi connectivity index (χ0n) is 19.7. The molecule has 1 unspecified atom stereocenters. The molecule has 0 saturated carbocycles. The van der Waals surface area contributed by atoms with Crippen molar-refractivity contribution < 1.29 is 19.2 Å². The highest BCUT2D eigenvalue weighted by Crippen LogP contribution is 2.27. The maximum Gasteiger partial charge on any atom is 0.228 e. The number of likely N-dealkylation sites (tertiary alicyclic amines) is 1. The van der Waals surface area contributed by atoms with Gasteiger partial charge in [-0.2, -0.15) is 0 Å². The Balaban J connectivity index is 1.49. The third kappa shape index (κ3) is 5.75. The predicted octanol–water partition coefficient (Wildman–Crippen LogP) is 2.67. The van der Waals surface area contributed by atoms with Crippen molar-refractivity contribution in [1.29, 1.82) is 0 Å². The van der Waals surface area contributed by atoms with Crippen molar-refractivity contribution in [3.63, 3.8) is 0 Å². The summed E-state index contributed by atoms with van der Waals surface area (Å²) in [5, 5.41) is 0. The van der Waals surface area contributed by atoms with Gasteiger partial charge in [0.1, 0.15) is 0 Å². The lowest BCUT2D eigenvalue weighted by molar-refractivity contribution is -0.136. The number of rotatable bonds is 5. The number of benzene rings is 1. The Labute approximate surface area is 190 Å². The molecule has 0 radical (unpaired) electrons. The molecule has 3 amide bonds. The molecular weight excluding hydrogens is 406 g/mol. The summed E-state index contributed by atoms with van der Waals surface area (Å²) in [6.07, 6.45) is 1.33. The molecule has 2 heterocycles. The number of Topliss-reactive ketones (excluding diaryl/α,β-unsaturated/α-hetero) is 1. The highest BCUT2D eigenvalue weighted by molar-refractivity contribution is 5.98. The van der Waals surface area contributed by atoms with Crippen LogP contribution < -0.4 is 0 Å². The minimum Gasteiger partial charge on any atom is -0.341 e. The van der Waals surface area contributed by atoms with Crippen molar-refractivity contribution in [3.8, 4) is 0 Å². The molecule has 0 bridgehead atoms. The van der Waals surface area contributed by atoms with Crippen molar-refractivity contribution >= 4 is 23.5 Å². The largest absolute Gasteiger partial charge is 0.341 e. The molecule has 2 fully saturated rings. The molecule has 3 rings (SSSR count). The lowest BCUT2D eigenvalue weighted by atomic mass is 10.0. The number of carbonyl (C=O) groups excluding carboxylic acids is 4. The van der Waals surface area contributed by atoms with Crippen LogP contribution in [0.4, 0.5) is 0 Å². The molecule has 0 aromatic heterocycles. The molecule has 1 atom stereocenters. The van der Waals surface area contributed by atoms with E-state index in [4.69, 9.17) is 0 Å². The molecule has 32 heavy (non-hydrogen) atoms. The van der Waals surface area contributed by atoms with Crippen molar-refractivity contribution in [1.82, 2.24) is 14.7 Å². The van der Waals surface area contributed by atoms with E-state index in [1.807, 2.05) is 39.8 Å². The first-order valence-corrected chi connectivity index (χ1v) is 11.5. The average molecular weight is 442 g/mol. The Morgan fingerprint density at radius 2 is 1.56 bits per heavy atom. The van der Waals surface area contributed by atoms with Crippen LogP contribution in [-0.4, -0.2) is 76.5 Å². The monoisotopic (exact) mass is 441 g/mol. The number of ketones is 1. The van der Waals surface area contributed by atoms with E-state index in [-0.39, 0.29) is 54.2 Å². The molecule has 174 valence electrons. The Hall–Kier alpha value is -2.70. The first-order chi connectivity index (χ1) is 15.1. The van der Waals surface area contributed by atoms with Gasteiger partial charge >= 0.3 is 0 Å². The second kappa shape index (κ2) is 9.84. The van der Waals surface area contributed by atoms with E-state index in [1.54, 1.807) is 26.8 Å². The highest BCUT2D eigenvalue weighted by Gasteiger charge is 2.41. The quantitative estimate of drug-likeness (QED) is 0.658. The maximum absolute atomic E-state index is 13.0. The molecule has 0 spiro atoms. The second-order valence-corrected chi connectivity index (χ2v) is 9.93. The molecular formula is C25H35N3O4. The standard InChI is InChI=1S/C25H35N3O4/c1-18-6-8-19(9-7-18)21(29)10-11-22(30)26-12-5-13-27(15-14-26)24(32)20-16-23(31)28(17-20)25(2,3)4/h6-9,20H,5,10-17H2,1-4H3. The van der Waals surface area contributed by atoms with Gasteiger partial charge in [-0.1, -0.05) is 29.8 Å². The molecule has 2 aliphatic rings. The van der Waals surface area contributed by atoms with Crippen LogP contribution in [0.5, 0.6) is 0 Å². The molecule has 7 nitrogen and oxygen atoms in total. The van der Waals surface area contributed by atoms with E-state index in [0.29, 0.717) is 44.7 Å². The number of hydrogen-bond donors (Lipinski definition) is 0. The molecule has 0 N–H and O–H groups in total. The van der Waals surface area contributed by atoms with Crippen LogP contribution in [0.25, 0.3) is 0 Å². The van der Waals surface area contributed by atoms with Crippen molar-refractivity contribution in [2.75, 3.05) is 32.7 Å². The Morgan fingerprint density at radius 1 is 0.938 bits per heavy atom. The zero-order valence-corrected chi connectivity index (χ0v) is 19.7. The molecule has 2 saturated heterocycles. The summed E-state index contributed by atoms with van der Waals surface area (Å²) in [7, 11) is 0. The van der Waals surface area contributed by atoms with Crippen LogP contribution in [0, 0.1) is 12.8 Å². The smallest absolute Gasteiger partial charge is 0.228 e. The third-order valence-corrected chi connectivity index (χ3v) is 6.38. The molecule has 7 heteroatoms. The summed E-state index contributed by atoms with van der Waals surface area (Å²) in [5.74, 6) is -0.347. The lowest BCUT2D eigenvalue weighted by Gasteiger charge is -2.32. The second-order valence-electron chi connectivity index (χ2n) is 9.93. The predicted molar refractivity (Wildman–Crippen MR) is 122 cm³/mol. The van der Waals surface area contributed by atoms with Gasteiger partial charge in [0.05, 0.1) is 5.92 Å². The van der Waals surface area contributed by atoms with Crippen LogP contribution in [0.3, 0.4) is 0 Å². The van der Waals surface area contributed by atoms with E-state index >= 15 is 0 Å². The molecule has 1 aromatic carbocycles. The first kappa shape index (κ1) is 24.0. The van der Waals surface area contributed by atoms with Crippen LogP contribution in [0.1, 0.15) is 62.4 Å². The van der Waals surface area contributed by atoms with Gasteiger partial charge in [0.2, 0.25) is 17.7 Å². The number of hydrogen-bond acceptors (Lipinski definition) is 4. The number of carbonyl (C=O) groups is 4. The zero-order chi connectivity index (χ0) is 23.5. The summed E-state index contributed by atoms with van der Waals surface area (Å²) < 4.78 is 0. The van der Waals surface area contributed by atoms with Gasteiger partial charge in [-0.25, -0.2) is 0 Å². The van der Waals surface area contributed by atoms with E-state index in [9.17, 15) is 19.2 Å². The minimum absolute atomic E-state index is 0.00829. The summed E-state index contributed by atoms with van der Waals surface area (Å²) in [6.45, 7) is 10.5. The van der Waals surface area contributed by atoms with Gasteiger partial charge in [0.25, 0.3) is 0 Å². The van der Waals surface area contributed by atoms with Crippen molar-refractivity contribution in [2.45, 2.75) is 58.9 Å². The van der Waals surface area contributed by atoms with E-state index in [2.05, 4.69) is 0 Å². The van der Waals surface area contributed by atoms with Gasteiger partial charge in [-0.05, 0) is 34.1 Å². The highest BCUT2D eigenvalue weighted by atomic mass is 16.2. The van der Waals surface area contributed by atoms with Gasteiger partial charge in [0, 0.05) is 63.1 Å². The maximum atomic E-state index is 13.0. The fraction of sp³-hybridized carbons (Fsp3) is 0.600. The van der Waals surface area contributed by atoms with Crippen LogP contribution in [0.2, 0.25) is 0 Å². The van der Waals surface area contributed by atoms with Crippen molar-refractivity contribution in [2.24, 2.45) is 5.92 Å². The van der Waals surface area contributed by atoms with E-state index in [0.717, 1.165) is 5.56 Å². The fourth-order valence-corrected chi connectivity index (χ4v) is 4.43. The van der Waals surface area contributed by atoms with Crippen LogP contribution in [-0.2, 0) is 14.4 Å².